The highest BCUT2D eigenvalue weighted by Crippen LogP contribution is 2.22. The molecule has 0 aliphatic heterocycles. The van der Waals surface area contributed by atoms with Gasteiger partial charge in [0, 0.05) is 17.8 Å². The standard InChI is InChI=1S/C24H29N5O2S/c1-6-29-22(18(5)25-23(31)19-12-8-7-10-16(19)3)27-28-24(29)32-14-21(30)26-20-13-9-11-15(2)17(20)4/h7-13,18H,6,14H2,1-5H3,(H,25,31)(H,26,30)/t18-/m1/s1. The Morgan fingerprint density at radius 1 is 1.03 bits per heavy atom. The van der Waals surface area contributed by atoms with Crippen LogP contribution in [0, 0.1) is 20.8 Å². The third-order valence-electron chi connectivity index (χ3n) is 5.40. The second-order valence-corrected chi connectivity index (χ2v) is 8.62. The zero-order valence-electron chi connectivity index (χ0n) is 19.1. The summed E-state index contributed by atoms with van der Waals surface area (Å²) in [6.07, 6.45) is 0. The van der Waals surface area contributed by atoms with Gasteiger partial charge in [0.1, 0.15) is 0 Å². The average molecular weight is 452 g/mol. The first-order valence-corrected chi connectivity index (χ1v) is 11.6. The van der Waals surface area contributed by atoms with Crippen LogP contribution in [0.4, 0.5) is 5.69 Å². The maximum absolute atomic E-state index is 12.7. The lowest BCUT2D eigenvalue weighted by Crippen LogP contribution is -2.29. The fourth-order valence-electron chi connectivity index (χ4n) is 3.39. The van der Waals surface area contributed by atoms with Crippen LogP contribution in [0.5, 0.6) is 0 Å². The van der Waals surface area contributed by atoms with E-state index in [1.165, 1.54) is 11.8 Å². The topological polar surface area (TPSA) is 88.9 Å². The summed E-state index contributed by atoms with van der Waals surface area (Å²) >= 11 is 1.33. The maximum atomic E-state index is 12.7. The molecule has 0 fully saturated rings. The van der Waals surface area contributed by atoms with Gasteiger partial charge in [0.15, 0.2) is 11.0 Å². The monoisotopic (exact) mass is 451 g/mol. The summed E-state index contributed by atoms with van der Waals surface area (Å²) in [6.45, 7) is 10.4. The first-order valence-electron chi connectivity index (χ1n) is 10.6. The van der Waals surface area contributed by atoms with E-state index in [-0.39, 0.29) is 23.6 Å². The van der Waals surface area contributed by atoms with Crippen LogP contribution in [0.25, 0.3) is 0 Å². The molecule has 0 unspecified atom stereocenters. The molecule has 32 heavy (non-hydrogen) atoms. The largest absolute Gasteiger partial charge is 0.342 e. The van der Waals surface area contributed by atoms with Crippen molar-refractivity contribution in [1.29, 1.82) is 0 Å². The van der Waals surface area contributed by atoms with Gasteiger partial charge in [-0.25, -0.2) is 0 Å². The van der Waals surface area contributed by atoms with Crippen LogP contribution >= 0.6 is 11.8 Å². The third-order valence-corrected chi connectivity index (χ3v) is 6.36. The second kappa shape index (κ2) is 10.5. The molecule has 0 saturated heterocycles. The smallest absolute Gasteiger partial charge is 0.252 e. The van der Waals surface area contributed by atoms with Crippen molar-refractivity contribution in [2.45, 2.75) is 52.4 Å². The molecule has 0 aliphatic carbocycles. The van der Waals surface area contributed by atoms with Crippen LogP contribution < -0.4 is 10.6 Å². The van der Waals surface area contributed by atoms with E-state index in [4.69, 9.17) is 0 Å². The molecule has 2 aromatic carbocycles. The first kappa shape index (κ1) is 23.5. The average Bonchev–Trinajstić information content (AvgIpc) is 3.19. The molecule has 8 heteroatoms. The van der Waals surface area contributed by atoms with Crippen molar-refractivity contribution in [1.82, 2.24) is 20.1 Å². The number of amides is 2. The summed E-state index contributed by atoms with van der Waals surface area (Å²) in [6, 6.07) is 13.0. The quantitative estimate of drug-likeness (QED) is 0.494. The molecule has 3 aromatic rings. The lowest BCUT2D eigenvalue weighted by atomic mass is 10.1. The van der Waals surface area contributed by atoms with Gasteiger partial charge in [-0.3, -0.25) is 9.59 Å². The molecule has 1 heterocycles. The molecule has 0 radical (unpaired) electrons. The number of aromatic nitrogens is 3. The number of rotatable bonds is 8. The fourth-order valence-corrected chi connectivity index (χ4v) is 4.20. The predicted molar refractivity (Wildman–Crippen MR) is 128 cm³/mol. The van der Waals surface area contributed by atoms with Crippen molar-refractivity contribution in [3.63, 3.8) is 0 Å². The highest BCUT2D eigenvalue weighted by Gasteiger charge is 2.21. The van der Waals surface area contributed by atoms with E-state index in [0.717, 1.165) is 22.4 Å². The van der Waals surface area contributed by atoms with Gasteiger partial charge in [0.2, 0.25) is 5.91 Å². The Morgan fingerprint density at radius 2 is 1.75 bits per heavy atom. The molecule has 1 aromatic heterocycles. The molecular formula is C24H29N5O2S. The normalized spacial score (nSPS) is 11.8. The van der Waals surface area contributed by atoms with Gasteiger partial charge in [-0.05, 0) is 63.4 Å². The molecular weight excluding hydrogens is 422 g/mol. The Bertz CT molecular complexity index is 1130. The summed E-state index contributed by atoms with van der Waals surface area (Å²) < 4.78 is 1.93. The molecule has 0 bridgehead atoms. The first-order chi connectivity index (χ1) is 15.3. The zero-order chi connectivity index (χ0) is 23.3. The van der Waals surface area contributed by atoms with Gasteiger partial charge in [0.05, 0.1) is 11.8 Å². The lowest BCUT2D eigenvalue weighted by molar-refractivity contribution is -0.113. The number of aryl methyl sites for hydroxylation is 2. The van der Waals surface area contributed by atoms with Gasteiger partial charge in [-0.1, -0.05) is 42.1 Å². The van der Waals surface area contributed by atoms with E-state index >= 15 is 0 Å². The number of carbonyl (C=O) groups excluding carboxylic acids is 2. The number of anilines is 1. The van der Waals surface area contributed by atoms with Crippen LogP contribution in [0.1, 0.15) is 52.8 Å². The molecule has 1 atom stereocenters. The van der Waals surface area contributed by atoms with Crippen molar-refractivity contribution in [3.8, 4) is 0 Å². The van der Waals surface area contributed by atoms with Crippen LogP contribution in [-0.2, 0) is 11.3 Å². The maximum Gasteiger partial charge on any atom is 0.252 e. The Labute approximate surface area is 193 Å². The minimum atomic E-state index is -0.326. The predicted octanol–water partition coefficient (Wildman–Crippen LogP) is 4.45. The van der Waals surface area contributed by atoms with E-state index < -0.39 is 0 Å². The molecule has 2 amide bonds. The van der Waals surface area contributed by atoms with Crippen molar-refractivity contribution in [3.05, 3.63) is 70.5 Å². The van der Waals surface area contributed by atoms with Crippen LogP contribution in [-0.4, -0.2) is 32.3 Å². The second-order valence-electron chi connectivity index (χ2n) is 7.68. The van der Waals surface area contributed by atoms with Crippen molar-refractivity contribution >= 4 is 29.3 Å². The number of carbonyl (C=O) groups is 2. The molecule has 168 valence electrons. The number of nitrogens with one attached hydrogen (secondary N) is 2. The van der Waals surface area contributed by atoms with Gasteiger partial charge >= 0.3 is 0 Å². The van der Waals surface area contributed by atoms with Gasteiger partial charge in [0.25, 0.3) is 5.91 Å². The van der Waals surface area contributed by atoms with E-state index in [9.17, 15) is 9.59 Å². The highest BCUT2D eigenvalue weighted by molar-refractivity contribution is 7.99. The zero-order valence-corrected chi connectivity index (χ0v) is 19.9. The van der Waals surface area contributed by atoms with E-state index in [0.29, 0.717) is 23.1 Å². The Hall–Kier alpha value is -3.13. The van der Waals surface area contributed by atoms with Gasteiger partial charge in [-0.2, -0.15) is 0 Å². The number of benzene rings is 2. The van der Waals surface area contributed by atoms with Crippen molar-refractivity contribution in [2.24, 2.45) is 0 Å². The highest BCUT2D eigenvalue weighted by atomic mass is 32.2. The Balaban J connectivity index is 1.65. The minimum Gasteiger partial charge on any atom is -0.342 e. The lowest BCUT2D eigenvalue weighted by Gasteiger charge is -2.16. The summed E-state index contributed by atoms with van der Waals surface area (Å²) in [5.41, 5.74) is 4.57. The van der Waals surface area contributed by atoms with Crippen molar-refractivity contribution < 1.29 is 9.59 Å². The Kier molecular flexibility index (Phi) is 7.69. The molecule has 0 saturated carbocycles. The van der Waals surface area contributed by atoms with Crippen LogP contribution in [0.3, 0.4) is 0 Å². The van der Waals surface area contributed by atoms with Gasteiger partial charge in [-0.15, -0.1) is 10.2 Å². The Morgan fingerprint density at radius 3 is 2.47 bits per heavy atom. The third kappa shape index (κ3) is 5.37. The summed E-state index contributed by atoms with van der Waals surface area (Å²) in [5.74, 6) is 0.627. The molecule has 2 N–H and O–H groups in total. The molecule has 3 rings (SSSR count). The number of thioether (sulfide) groups is 1. The molecule has 7 nitrogen and oxygen atoms in total. The van der Waals surface area contributed by atoms with Crippen LogP contribution in [0.2, 0.25) is 0 Å². The summed E-state index contributed by atoms with van der Waals surface area (Å²) in [4.78, 5) is 25.1. The van der Waals surface area contributed by atoms with Crippen molar-refractivity contribution in [2.75, 3.05) is 11.1 Å². The molecule has 0 aliphatic rings. The number of nitrogens with zero attached hydrogens (tertiary/aromatic N) is 3. The van der Waals surface area contributed by atoms with Crippen LogP contribution in [0.15, 0.2) is 47.6 Å². The molecule has 0 spiro atoms. The van der Waals surface area contributed by atoms with E-state index in [1.54, 1.807) is 6.07 Å². The SMILES string of the molecule is CCn1c(SCC(=O)Nc2cccc(C)c2C)nnc1[C@@H](C)NC(=O)c1ccccc1C. The number of hydrogen-bond acceptors (Lipinski definition) is 5. The summed E-state index contributed by atoms with van der Waals surface area (Å²) in [5, 5.41) is 15.2. The van der Waals surface area contributed by atoms with E-state index in [2.05, 4.69) is 20.8 Å². The van der Waals surface area contributed by atoms with E-state index in [1.807, 2.05) is 75.6 Å². The van der Waals surface area contributed by atoms with Gasteiger partial charge < -0.3 is 15.2 Å². The number of hydrogen-bond donors (Lipinski definition) is 2. The summed E-state index contributed by atoms with van der Waals surface area (Å²) in [7, 11) is 0. The fraction of sp³-hybridized carbons (Fsp3) is 0.333. The minimum absolute atomic E-state index is 0.100.